The Labute approximate surface area is 87.0 Å². The lowest BCUT2D eigenvalue weighted by Crippen LogP contribution is -2.23. The van der Waals surface area contributed by atoms with Crippen molar-refractivity contribution in [3.8, 4) is 0 Å². The molecule has 0 aromatic heterocycles. The molecule has 1 heterocycles. The van der Waals surface area contributed by atoms with Crippen LogP contribution in [0.25, 0.3) is 0 Å². The first kappa shape index (κ1) is 8.97. The summed E-state index contributed by atoms with van der Waals surface area (Å²) in [7, 11) is 0. The molecule has 0 saturated carbocycles. The molecule has 0 saturated heterocycles. The van der Waals surface area contributed by atoms with Gasteiger partial charge in [0.2, 0.25) is 0 Å². The fraction of sp³-hybridized carbons (Fsp3) is 0.273. The third kappa shape index (κ3) is 2.20. The second-order valence-corrected chi connectivity index (χ2v) is 4.12. The first-order valence-corrected chi connectivity index (χ1v) is 5.31. The van der Waals surface area contributed by atoms with E-state index in [0.29, 0.717) is 6.04 Å². The predicted octanol–water partition coefficient (Wildman–Crippen LogP) is 3.04. The van der Waals surface area contributed by atoms with Gasteiger partial charge in [0.1, 0.15) is 0 Å². The fourth-order valence-corrected chi connectivity index (χ4v) is 1.97. The minimum Gasteiger partial charge on any atom is -0.306 e. The molecule has 1 unspecified atom stereocenters. The maximum Gasteiger partial charge on any atom is 0.0506 e. The summed E-state index contributed by atoms with van der Waals surface area (Å²) in [6.45, 7) is 1.08. The lowest BCUT2D eigenvalue weighted by molar-refractivity contribution is 0.601. The number of benzene rings is 1. The summed E-state index contributed by atoms with van der Waals surface area (Å²) in [6.07, 6.45) is 5.61. The highest BCUT2D eigenvalue weighted by atomic mass is 79.9. The highest BCUT2D eigenvalue weighted by Crippen LogP contribution is 2.20. The molecule has 1 N–H and O–H groups in total. The second kappa shape index (κ2) is 4.07. The van der Waals surface area contributed by atoms with Crippen molar-refractivity contribution in [3.05, 3.63) is 46.5 Å². The van der Waals surface area contributed by atoms with E-state index in [0.717, 1.165) is 17.4 Å². The monoisotopic (exact) mass is 237 g/mol. The summed E-state index contributed by atoms with van der Waals surface area (Å²) in [4.78, 5) is 0. The average molecular weight is 238 g/mol. The topological polar surface area (TPSA) is 12.0 Å². The van der Waals surface area contributed by atoms with Gasteiger partial charge in [-0.2, -0.15) is 0 Å². The van der Waals surface area contributed by atoms with Gasteiger partial charge < -0.3 is 5.32 Å². The minimum absolute atomic E-state index is 0.395. The molecule has 0 spiro atoms. The summed E-state index contributed by atoms with van der Waals surface area (Å²) in [5.74, 6) is 0. The van der Waals surface area contributed by atoms with E-state index >= 15 is 0 Å². The molecular weight excluding hydrogens is 226 g/mol. The molecule has 0 bridgehead atoms. The van der Waals surface area contributed by atoms with Crippen LogP contribution >= 0.6 is 15.9 Å². The van der Waals surface area contributed by atoms with Crippen LogP contribution < -0.4 is 5.32 Å². The van der Waals surface area contributed by atoms with Gasteiger partial charge in [0.15, 0.2) is 0 Å². The largest absolute Gasteiger partial charge is 0.306 e. The molecular formula is C11H12BrN. The molecule has 1 nitrogen and oxygen atoms in total. The molecule has 1 aliphatic rings. The number of nitrogens with one attached hydrogen (secondary N) is 1. The van der Waals surface area contributed by atoms with E-state index in [1.54, 1.807) is 0 Å². The maximum atomic E-state index is 3.48. The predicted molar refractivity (Wildman–Crippen MR) is 58.6 cm³/mol. The Morgan fingerprint density at radius 1 is 1.38 bits per heavy atom. The highest BCUT2D eigenvalue weighted by molar-refractivity contribution is 9.10. The average Bonchev–Trinajstić information content (AvgIpc) is 2.19. The van der Waals surface area contributed by atoms with Gasteiger partial charge in [0.25, 0.3) is 0 Å². The standard InChI is InChI=1S/C11H12BrN/c12-10-5-3-4-9(8-10)11-6-1-2-7-13-11/h1,3-6,8,11,13H,2,7H2. The molecule has 2 heteroatoms. The van der Waals surface area contributed by atoms with Crippen LogP contribution in [0.2, 0.25) is 0 Å². The van der Waals surface area contributed by atoms with E-state index in [2.05, 4.69) is 57.7 Å². The van der Waals surface area contributed by atoms with Gasteiger partial charge in [-0.3, -0.25) is 0 Å². The lowest BCUT2D eigenvalue weighted by Gasteiger charge is -2.18. The Hall–Kier alpha value is -0.600. The van der Waals surface area contributed by atoms with Gasteiger partial charge in [0.05, 0.1) is 6.04 Å². The van der Waals surface area contributed by atoms with Gasteiger partial charge in [-0.1, -0.05) is 40.2 Å². The normalized spacial score (nSPS) is 21.8. The van der Waals surface area contributed by atoms with Crippen molar-refractivity contribution in [2.45, 2.75) is 12.5 Å². The van der Waals surface area contributed by atoms with Gasteiger partial charge in [-0.05, 0) is 30.7 Å². The lowest BCUT2D eigenvalue weighted by atomic mass is 10.0. The van der Waals surface area contributed by atoms with Crippen LogP contribution in [0, 0.1) is 0 Å². The third-order valence-electron chi connectivity index (χ3n) is 2.21. The van der Waals surface area contributed by atoms with Gasteiger partial charge in [-0.25, -0.2) is 0 Å². The van der Waals surface area contributed by atoms with E-state index in [9.17, 15) is 0 Å². The second-order valence-electron chi connectivity index (χ2n) is 3.20. The van der Waals surface area contributed by atoms with Crippen molar-refractivity contribution >= 4 is 15.9 Å². The number of halogens is 1. The summed E-state index contributed by atoms with van der Waals surface area (Å²) >= 11 is 3.48. The van der Waals surface area contributed by atoms with Gasteiger partial charge >= 0.3 is 0 Å². The summed E-state index contributed by atoms with van der Waals surface area (Å²) in [5, 5.41) is 3.45. The molecule has 1 atom stereocenters. The van der Waals surface area contributed by atoms with Crippen molar-refractivity contribution in [2.24, 2.45) is 0 Å². The van der Waals surface area contributed by atoms with Crippen LogP contribution in [0.3, 0.4) is 0 Å². The van der Waals surface area contributed by atoms with Crippen LogP contribution in [0.4, 0.5) is 0 Å². The third-order valence-corrected chi connectivity index (χ3v) is 2.70. The molecule has 0 fully saturated rings. The molecule has 1 aromatic carbocycles. The van der Waals surface area contributed by atoms with E-state index in [1.807, 2.05) is 0 Å². The highest BCUT2D eigenvalue weighted by Gasteiger charge is 2.09. The van der Waals surface area contributed by atoms with Crippen LogP contribution in [-0.4, -0.2) is 6.54 Å². The van der Waals surface area contributed by atoms with Crippen molar-refractivity contribution in [2.75, 3.05) is 6.54 Å². The molecule has 0 aliphatic carbocycles. The quantitative estimate of drug-likeness (QED) is 0.741. The Morgan fingerprint density at radius 3 is 3.00 bits per heavy atom. The summed E-state index contributed by atoms with van der Waals surface area (Å²) in [5.41, 5.74) is 1.32. The van der Waals surface area contributed by atoms with E-state index in [-0.39, 0.29) is 0 Å². The zero-order valence-corrected chi connectivity index (χ0v) is 8.92. The number of hydrogen-bond donors (Lipinski definition) is 1. The van der Waals surface area contributed by atoms with Crippen LogP contribution in [0.5, 0.6) is 0 Å². The zero-order chi connectivity index (χ0) is 9.10. The minimum atomic E-state index is 0.395. The number of rotatable bonds is 1. The van der Waals surface area contributed by atoms with Gasteiger partial charge in [-0.15, -0.1) is 0 Å². The molecule has 2 rings (SSSR count). The van der Waals surface area contributed by atoms with E-state index in [4.69, 9.17) is 0 Å². The molecule has 1 aromatic rings. The van der Waals surface area contributed by atoms with Crippen LogP contribution in [0.1, 0.15) is 18.0 Å². The van der Waals surface area contributed by atoms with Crippen molar-refractivity contribution in [1.29, 1.82) is 0 Å². The summed E-state index contributed by atoms with van der Waals surface area (Å²) < 4.78 is 1.14. The molecule has 1 aliphatic heterocycles. The Kier molecular flexibility index (Phi) is 2.81. The van der Waals surface area contributed by atoms with Crippen LogP contribution in [-0.2, 0) is 0 Å². The smallest absolute Gasteiger partial charge is 0.0506 e. The number of hydrogen-bond acceptors (Lipinski definition) is 1. The van der Waals surface area contributed by atoms with Crippen molar-refractivity contribution < 1.29 is 0 Å². The molecule has 68 valence electrons. The van der Waals surface area contributed by atoms with Crippen molar-refractivity contribution in [3.63, 3.8) is 0 Å². The Morgan fingerprint density at radius 2 is 2.31 bits per heavy atom. The van der Waals surface area contributed by atoms with E-state index in [1.165, 1.54) is 5.56 Å². The fourth-order valence-electron chi connectivity index (χ4n) is 1.55. The molecule has 13 heavy (non-hydrogen) atoms. The zero-order valence-electron chi connectivity index (χ0n) is 7.33. The summed E-state index contributed by atoms with van der Waals surface area (Å²) in [6, 6.07) is 8.83. The first-order chi connectivity index (χ1) is 6.36. The Bertz CT molecular complexity index is 320. The first-order valence-electron chi connectivity index (χ1n) is 4.52. The van der Waals surface area contributed by atoms with Crippen molar-refractivity contribution in [1.82, 2.24) is 5.32 Å². The maximum absolute atomic E-state index is 3.48. The molecule has 0 amide bonds. The van der Waals surface area contributed by atoms with E-state index < -0.39 is 0 Å². The molecule has 0 radical (unpaired) electrons. The van der Waals surface area contributed by atoms with Gasteiger partial charge in [0, 0.05) is 4.47 Å². The van der Waals surface area contributed by atoms with Crippen LogP contribution in [0.15, 0.2) is 40.9 Å². The SMILES string of the molecule is Brc1cccc(C2C=CCCN2)c1. The Balaban J connectivity index is 2.24.